The second-order valence-electron chi connectivity index (χ2n) is 5.35. The Bertz CT molecular complexity index is 467. The second-order valence-corrected chi connectivity index (χ2v) is 6.64. The summed E-state index contributed by atoms with van der Waals surface area (Å²) in [5.74, 6) is 0. The van der Waals surface area contributed by atoms with E-state index in [2.05, 4.69) is 36.7 Å². The van der Waals surface area contributed by atoms with Crippen LogP contribution in [0, 0.1) is 5.41 Å². The van der Waals surface area contributed by atoms with E-state index in [0.717, 1.165) is 22.7 Å². The molecule has 19 heavy (non-hydrogen) atoms. The van der Waals surface area contributed by atoms with Crippen molar-refractivity contribution in [2.75, 3.05) is 18.1 Å². The lowest BCUT2D eigenvalue weighted by Gasteiger charge is -2.19. The third-order valence-corrected chi connectivity index (χ3v) is 4.87. The van der Waals surface area contributed by atoms with Crippen molar-refractivity contribution in [1.29, 1.82) is 0 Å². The van der Waals surface area contributed by atoms with E-state index in [1.807, 2.05) is 0 Å². The minimum Gasteiger partial charge on any atom is -0.389 e. The highest BCUT2D eigenvalue weighted by Crippen LogP contribution is 2.49. The maximum atomic E-state index is 5.88. The predicted molar refractivity (Wildman–Crippen MR) is 89.2 cm³/mol. The van der Waals surface area contributed by atoms with E-state index in [4.69, 9.17) is 18.0 Å². The molecule has 0 spiro atoms. The molecule has 1 aromatic rings. The monoisotopic (exact) mass is 294 g/mol. The number of hydrogen-bond donors (Lipinski definition) is 2. The van der Waals surface area contributed by atoms with Gasteiger partial charge in [0.25, 0.3) is 0 Å². The van der Waals surface area contributed by atoms with E-state index in [9.17, 15) is 0 Å². The van der Waals surface area contributed by atoms with Gasteiger partial charge in [0.1, 0.15) is 4.99 Å². The Labute approximate surface area is 125 Å². The topological polar surface area (TPSA) is 38.0 Å². The zero-order valence-corrected chi connectivity index (χ0v) is 13.3. The Morgan fingerprint density at radius 3 is 2.74 bits per heavy atom. The molecule has 0 unspecified atom stereocenters. The number of nitrogens with two attached hydrogens (primary N) is 1. The van der Waals surface area contributed by atoms with Gasteiger partial charge in [-0.05, 0) is 43.1 Å². The SMILES string of the molecule is CCCC1(CNc2cccc(SC)c2C(N)=S)CC1. The smallest absolute Gasteiger partial charge is 0.107 e. The van der Waals surface area contributed by atoms with Gasteiger partial charge in [-0.3, -0.25) is 0 Å². The van der Waals surface area contributed by atoms with Crippen LogP contribution in [0.15, 0.2) is 23.1 Å². The van der Waals surface area contributed by atoms with Crippen molar-refractivity contribution >= 4 is 34.7 Å². The van der Waals surface area contributed by atoms with Gasteiger partial charge in [-0.1, -0.05) is 31.6 Å². The molecule has 0 radical (unpaired) electrons. The van der Waals surface area contributed by atoms with Crippen LogP contribution in [-0.2, 0) is 0 Å². The van der Waals surface area contributed by atoms with Crippen molar-refractivity contribution in [3.8, 4) is 0 Å². The zero-order valence-electron chi connectivity index (χ0n) is 11.7. The van der Waals surface area contributed by atoms with Crippen LogP contribution >= 0.6 is 24.0 Å². The van der Waals surface area contributed by atoms with Crippen molar-refractivity contribution in [1.82, 2.24) is 0 Å². The van der Waals surface area contributed by atoms with Crippen LogP contribution < -0.4 is 11.1 Å². The number of rotatable bonds is 7. The van der Waals surface area contributed by atoms with E-state index in [1.165, 1.54) is 25.7 Å². The normalized spacial score (nSPS) is 16.1. The quantitative estimate of drug-likeness (QED) is 0.588. The van der Waals surface area contributed by atoms with E-state index >= 15 is 0 Å². The average Bonchev–Trinajstić information content (AvgIpc) is 3.16. The van der Waals surface area contributed by atoms with Gasteiger partial charge in [-0.25, -0.2) is 0 Å². The first-order valence-electron chi connectivity index (χ1n) is 6.82. The van der Waals surface area contributed by atoms with Gasteiger partial charge in [0.15, 0.2) is 0 Å². The Hall–Kier alpha value is -0.740. The molecule has 2 nitrogen and oxygen atoms in total. The molecule has 1 fully saturated rings. The average molecular weight is 294 g/mol. The summed E-state index contributed by atoms with van der Waals surface area (Å²) < 4.78 is 0. The maximum absolute atomic E-state index is 5.88. The summed E-state index contributed by atoms with van der Waals surface area (Å²) in [6, 6.07) is 6.22. The minimum absolute atomic E-state index is 0.479. The molecule has 1 aliphatic rings. The van der Waals surface area contributed by atoms with Gasteiger partial charge in [0.05, 0.1) is 0 Å². The Morgan fingerprint density at radius 1 is 1.47 bits per heavy atom. The highest BCUT2D eigenvalue weighted by molar-refractivity contribution is 7.98. The lowest BCUT2D eigenvalue weighted by molar-refractivity contribution is 0.485. The summed E-state index contributed by atoms with van der Waals surface area (Å²) in [4.78, 5) is 1.63. The summed E-state index contributed by atoms with van der Waals surface area (Å²) in [7, 11) is 0. The molecule has 1 aliphatic carbocycles. The molecule has 1 aromatic carbocycles. The first-order chi connectivity index (χ1) is 9.12. The predicted octanol–water partition coefficient (Wildman–Crippen LogP) is 4.03. The molecule has 0 saturated heterocycles. The summed E-state index contributed by atoms with van der Waals surface area (Å²) in [5, 5.41) is 3.58. The van der Waals surface area contributed by atoms with Crippen LogP contribution in [0.2, 0.25) is 0 Å². The summed E-state index contributed by atoms with van der Waals surface area (Å²) in [5.41, 5.74) is 8.49. The molecule has 2 rings (SSSR count). The Kier molecular flexibility index (Phi) is 4.74. The van der Waals surface area contributed by atoms with E-state index in [-0.39, 0.29) is 0 Å². The molecule has 3 N–H and O–H groups in total. The maximum Gasteiger partial charge on any atom is 0.107 e. The number of anilines is 1. The molecule has 0 aliphatic heterocycles. The third-order valence-electron chi connectivity index (χ3n) is 3.88. The van der Waals surface area contributed by atoms with Crippen LogP contribution in [0.5, 0.6) is 0 Å². The molecule has 1 saturated carbocycles. The van der Waals surface area contributed by atoms with E-state index < -0.39 is 0 Å². The van der Waals surface area contributed by atoms with Crippen LogP contribution in [0.1, 0.15) is 38.2 Å². The van der Waals surface area contributed by atoms with E-state index in [1.54, 1.807) is 11.8 Å². The molecular formula is C15H22N2S2. The largest absolute Gasteiger partial charge is 0.389 e. The van der Waals surface area contributed by atoms with Gasteiger partial charge in [-0.15, -0.1) is 11.8 Å². The van der Waals surface area contributed by atoms with Crippen molar-refractivity contribution in [3.05, 3.63) is 23.8 Å². The van der Waals surface area contributed by atoms with E-state index in [0.29, 0.717) is 10.4 Å². The number of benzene rings is 1. The lowest BCUT2D eigenvalue weighted by atomic mass is 10.0. The highest BCUT2D eigenvalue weighted by atomic mass is 32.2. The van der Waals surface area contributed by atoms with Crippen molar-refractivity contribution in [2.45, 2.75) is 37.5 Å². The minimum atomic E-state index is 0.479. The van der Waals surface area contributed by atoms with Gasteiger partial charge in [0, 0.05) is 22.7 Å². The number of hydrogen-bond acceptors (Lipinski definition) is 3. The fourth-order valence-corrected chi connectivity index (χ4v) is 3.53. The molecule has 0 aromatic heterocycles. The van der Waals surface area contributed by atoms with Gasteiger partial charge < -0.3 is 11.1 Å². The number of thioether (sulfide) groups is 1. The molecule has 104 valence electrons. The van der Waals surface area contributed by atoms with Gasteiger partial charge >= 0.3 is 0 Å². The van der Waals surface area contributed by atoms with Crippen LogP contribution in [0.3, 0.4) is 0 Å². The summed E-state index contributed by atoms with van der Waals surface area (Å²) >= 11 is 6.89. The number of thiocarbonyl (C=S) groups is 1. The van der Waals surface area contributed by atoms with Crippen LogP contribution in [0.4, 0.5) is 5.69 Å². The fraction of sp³-hybridized carbons (Fsp3) is 0.533. The zero-order chi connectivity index (χ0) is 13.9. The van der Waals surface area contributed by atoms with Gasteiger partial charge in [-0.2, -0.15) is 0 Å². The van der Waals surface area contributed by atoms with Crippen molar-refractivity contribution in [3.63, 3.8) is 0 Å². The Balaban J connectivity index is 2.14. The summed E-state index contributed by atoms with van der Waals surface area (Å²) in [6.07, 6.45) is 7.32. The molecule has 0 atom stereocenters. The summed E-state index contributed by atoms with van der Waals surface area (Å²) in [6.45, 7) is 3.29. The van der Waals surface area contributed by atoms with Crippen molar-refractivity contribution < 1.29 is 0 Å². The highest BCUT2D eigenvalue weighted by Gasteiger charge is 2.41. The lowest BCUT2D eigenvalue weighted by Crippen LogP contribution is -2.19. The molecular weight excluding hydrogens is 272 g/mol. The molecule has 0 amide bonds. The molecule has 0 heterocycles. The van der Waals surface area contributed by atoms with Crippen molar-refractivity contribution in [2.24, 2.45) is 11.1 Å². The fourth-order valence-electron chi connectivity index (χ4n) is 2.61. The molecule has 0 bridgehead atoms. The first kappa shape index (κ1) is 14.7. The van der Waals surface area contributed by atoms with Gasteiger partial charge in [0.2, 0.25) is 0 Å². The number of nitrogens with one attached hydrogen (secondary N) is 1. The van der Waals surface area contributed by atoms with Crippen LogP contribution in [0.25, 0.3) is 0 Å². The standard InChI is InChI=1S/C15H22N2S2/c1-3-7-15(8-9-15)10-17-11-5-4-6-12(19-2)13(11)14(16)18/h4-6,17H,3,7-10H2,1-2H3,(H2,16,18). The Morgan fingerprint density at radius 2 is 2.21 bits per heavy atom. The molecule has 4 heteroatoms. The first-order valence-corrected chi connectivity index (χ1v) is 8.46. The van der Waals surface area contributed by atoms with Crippen LogP contribution in [-0.4, -0.2) is 17.8 Å². The second kappa shape index (κ2) is 6.14. The third kappa shape index (κ3) is 3.42.